The molecule has 0 bridgehead atoms. The molecule has 0 saturated carbocycles. The SMILES string of the molecule is CCC(=O)N1CCN[C@@H]2CS(=O)(=O)C[C@@H]21. The third kappa shape index (κ3) is 2.01. The average Bonchev–Trinajstić information content (AvgIpc) is 2.49. The zero-order chi connectivity index (χ0) is 11.1. The summed E-state index contributed by atoms with van der Waals surface area (Å²) in [6.07, 6.45) is 0.448. The van der Waals surface area contributed by atoms with Crippen molar-refractivity contribution in [3.05, 3.63) is 0 Å². The number of hydrogen-bond donors (Lipinski definition) is 1. The Morgan fingerprint density at radius 3 is 2.87 bits per heavy atom. The van der Waals surface area contributed by atoms with Crippen LogP contribution in [-0.2, 0) is 14.6 Å². The van der Waals surface area contributed by atoms with Crippen molar-refractivity contribution in [3.8, 4) is 0 Å². The minimum atomic E-state index is -2.96. The van der Waals surface area contributed by atoms with Crippen LogP contribution in [-0.4, -0.2) is 55.9 Å². The molecular weight excluding hydrogens is 216 g/mol. The van der Waals surface area contributed by atoms with Gasteiger partial charge < -0.3 is 10.2 Å². The highest BCUT2D eigenvalue weighted by Gasteiger charge is 2.43. The number of nitrogens with one attached hydrogen (secondary N) is 1. The van der Waals surface area contributed by atoms with E-state index in [2.05, 4.69) is 5.32 Å². The van der Waals surface area contributed by atoms with E-state index in [1.807, 2.05) is 6.92 Å². The minimum absolute atomic E-state index is 0.0563. The quantitative estimate of drug-likeness (QED) is 0.629. The van der Waals surface area contributed by atoms with E-state index in [0.29, 0.717) is 19.5 Å². The van der Waals surface area contributed by atoms with Crippen LogP contribution in [0, 0.1) is 0 Å². The predicted molar refractivity (Wildman–Crippen MR) is 56.2 cm³/mol. The molecule has 2 rings (SSSR count). The maximum atomic E-state index is 11.6. The lowest BCUT2D eigenvalue weighted by Crippen LogP contribution is -2.58. The lowest BCUT2D eigenvalue weighted by molar-refractivity contribution is -0.134. The molecule has 86 valence electrons. The second kappa shape index (κ2) is 3.75. The first-order valence-electron chi connectivity index (χ1n) is 5.27. The van der Waals surface area contributed by atoms with Crippen LogP contribution in [0.2, 0.25) is 0 Å². The maximum Gasteiger partial charge on any atom is 0.222 e. The Hall–Kier alpha value is -0.620. The van der Waals surface area contributed by atoms with Gasteiger partial charge in [0.2, 0.25) is 5.91 Å². The molecule has 0 aliphatic carbocycles. The Labute approximate surface area is 89.7 Å². The standard InChI is InChI=1S/C9H16N2O3S/c1-2-9(12)11-4-3-10-7-5-15(13,14)6-8(7)11/h7-8,10H,2-6H2,1H3/t7-,8+/m1/s1. The van der Waals surface area contributed by atoms with Gasteiger partial charge in [0.25, 0.3) is 0 Å². The molecule has 2 saturated heterocycles. The zero-order valence-corrected chi connectivity index (χ0v) is 9.59. The molecule has 0 spiro atoms. The van der Waals surface area contributed by atoms with Crippen molar-refractivity contribution >= 4 is 15.7 Å². The van der Waals surface area contributed by atoms with Gasteiger partial charge in [0.15, 0.2) is 9.84 Å². The molecule has 5 nitrogen and oxygen atoms in total. The smallest absolute Gasteiger partial charge is 0.222 e. The summed E-state index contributed by atoms with van der Waals surface area (Å²) >= 11 is 0. The van der Waals surface area contributed by atoms with Gasteiger partial charge in [-0.1, -0.05) is 6.92 Å². The Balaban J connectivity index is 2.19. The normalized spacial score (nSPS) is 33.8. The van der Waals surface area contributed by atoms with Crippen LogP contribution >= 0.6 is 0 Å². The molecule has 2 aliphatic rings. The fourth-order valence-electron chi connectivity index (χ4n) is 2.38. The molecular formula is C9H16N2O3S. The summed E-state index contributed by atoms with van der Waals surface area (Å²) in [7, 11) is -2.96. The third-order valence-electron chi connectivity index (χ3n) is 3.11. The van der Waals surface area contributed by atoms with Crippen molar-refractivity contribution in [2.24, 2.45) is 0 Å². The predicted octanol–water partition coefficient (Wildman–Crippen LogP) is -1.01. The van der Waals surface area contributed by atoms with Gasteiger partial charge in [0.1, 0.15) is 0 Å². The lowest BCUT2D eigenvalue weighted by atomic mass is 10.1. The number of piperazine rings is 1. The number of carbonyl (C=O) groups excluding carboxylic acids is 1. The van der Waals surface area contributed by atoms with Gasteiger partial charge in [-0.3, -0.25) is 4.79 Å². The van der Waals surface area contributed by atoms with E-state index in [1.54, 1.807) is 4.90 Å². The second-order valence-electron chi connectivity index (χ2n) is 4.15. The summed E-state index contributed by atoms with van der Waals surface area (Å²) < 4.78 is 23.0. The Morgan fingerprint density at radius 2 is 2.20 bits per heavy atom. The summed E-state index contributed by atoms with van der Waals surface area (Å²) in [4.78, 5) is 13.4. The zero-order valence-electron chi connectivity index (χ0n) is 8.77. The van der Waals surface area contributed by atoms with Crippen LogP contribution in [0.3, 0.4) is 0 Å². The Kier molecular flexibility index (Phi) is 2.72. The lowest BCUT2D eigenvalue weighted by Gasteiger charge is -2.37. The molecule has 2 atom stereocenters. The molecule has 0 radical (unpaired) electrons. The van der Waals surface area contributed by atoms with Gasteiger partial charge in [-0.05, 0) is 0 Å². The maximum absolute atomic E-state index is 11.6. The van der Waals surface area contributed by atoms with Crippen molar-refractivity contribution < 1.29 is 13.2 Å². The number of carbonyl (C=O) groups is 1. The molecule has 2 heterocycles. The number of amides is 1. The number of rotatable bonds is 1. The fourth-order valence-corrected chi connectivity index (χ4v) is 4.34. The summed E-state index contributed by atoms with van der Waals surface area (Å²) in [6.45, 7) is 3.13. The van der Waals surface area contributed by atoms with E-state index < -0.39 is 9.84 Å². The largest absolute Gasteiger partial charge is 0.336 e. The summed E-state index contributed by atoms with van der Waals surface area (Å²) in [5.74, 6) is 0.352. The van der Waals surface area contributed by atoms with Gasteiger partial charge in [0.05, 0.1) is 17.5 Å². The van der Waals surface area contributed by atoms with Crippen molar-refractivity contribution in [2.45, 2.75) is 25.4 Å². The average molecular weight is 232 g/mol. The molecule has 15 heavy (non-hydrogen) atoms. The molecule has 6 heteroatoms. The molecule has 2 fully saturated rings. The van der Waals surface area contributed by atoms with Crippen molar-refractivity contribution in [1.29, 1.82) is 0 Å². The Bertz CT molecular complexity index is 366. The fraction of sp³-hybridized carbons (Fsp3) is 0.889. The van der Waals surface area contributed by atoms with E-state index in [0.717, 1.165) is 0 Å². The van der Waals surface area contributed by atoms with E-state index in [1.165, 1.54) is 0 Å². The monoisotopic (exact) mass is 232 g/mol. The van der Waals surface area contributed by atoms with E-state index in [-0.39, 0.29) is 29.5 Å². The van der Waals surface area contributed by atoms with Crippen LogP contribution in [0.4, 0.5) is 0 Å². The van der Waals surface area contributed by atoms with Crippen molar-refractivity contribution in [1.82, 2.24) is 10.2 Å². The molecule has 1 amide bonds. The first-order chi connectivity index (χ1) is 7.03. The van der Waals surface area contributed by atoms with Gasteiger partial charge in [0, 0.05) is 25.6 Å². The van der Waals surface area contributed by atoms with Crippen molar-refractivity contribution in [3.63, 3.8) is 0 Å². The molecule has 2 aliphatic heterocycles. The van der Waals surface area contributed by atoms with Gasteiger partial charge >= 0.3 is 0 Å². The second-order valence-corrected chi connectivity index (χ2v) is 6.30. The topological polar surface area (TPSA) is 66.5 Å². The molecule has 1 N–H and O–H groups in total. The van der Waals surface area contributed by atoms with Crippen LogP contribution in [0.1, 0.15) is 13.3 Å². The van der Waals surface area contributed by atoms with Crippen LogP contribution in [0.15, 0.2) is 0 Å². The highest BCUT2D eigenvalue weighted by atomic mass is 32.2. The van der Waals surface area contributed by atoms with Crippen LogP contribution in [0.5, 0.6) is 0 Å². The minimum Gasteiger partial charge on any atom is -0.336 e. The van der Waals surface area contributed by atoms with Gasteiger partial charge in [-0.25, -0.2) is 8.42 Å². The number of fused-ring (bicyclic) bond motifs is 1. The summed E-state index contributed by atoms with van der Waals surface area (Å²) in [6, 6.07) is -0.199. The summed E-state index contributed by atoms with van der Waals surface area (Å²) in [5.41, 5.74) is 0. The van der Waals surface area contributed by atoms with E-state index in [4.69, 9.17) is 0 Å². The van der Waals surface area contributed by atoms with Gasteiger partial charge in [-0.2, -0.15) is 0 Å². The molecule has 0 unspecified atom stereocenters. The highest BCUT2D eigenvalue weighted by Crippen LogP contribution is 2.21. The molecule has 0 aromatic heterocycles. The van der Waals surface area contributed by atoms with Crippen LogP contribution in [0.25, 0.3) is 0 Å². The first kappa shape index (κ1) is 10.9. The highest BCUT2D eigenvalue weighted by molar-refractivity contribution is 7.91. The molecule has 0 aromatic carbocycles. The first-order valence-corrected chi connectivity index (χ1v) is 7.09. The van der Waals surface area contributed by atoms with Crippen molar-refractivity contribution in [2.75, 3.05) is 24.6 Å². The molecule has 0 aromatic rings. The van der Waals surface area contributed by atoms with E-state index >= 15 is 0 Å². The van der Waals surface area contributed by atoms with Gasteiger partial charge in [-0.15, -0.1) is 0 Å². The van der Waals surface area contributed by atoms with Crippen LogP contribution < -0.4 is 5.32 Å². The Morgan fingerprint density at radius 1 is 1.47 bits per heavy atom. The third-order valence-corrected chi connectivity index (χ3v) is 4.82. The number of hydrogen-bond acceptors (Lipinski definition) is 4. The number of sulfone groups is 1. The summed E-state index contributed by atoms with van der Waals surface area (Å²) in [5, 5.41) is 3.17. The number of nitrogens with zero attached hydrogens (tertiary/aromatic N) is 1. The van der Waals surface area contributed by atoms with E-state index in [9.17, 15) is 13.2 Å².